The van der Waals surface area contributed by atoms with E-state index >= 15 is 0 Å². The molecule has 104 valence electrons. The maximum absolute atomic E-state index is 10.2. The minimum Gasteiger partial charge on any atom is -0.392 e. The molecule has 0 spiro atoms. The van der Waals surface area contributed by atoms with Gasteiger partial charge in [0.2, 0.25) is 0 Å². The van der Waals surface area contributed by atoms with Crippen molar-refractivity contribution >= 4 is 0 Å². The number of aliphatic hydroxyl groups excluding tert-OH is 2. The molecule has 0 aliphatic rings. The first kappa shape index (κ1) is 16.9. The molecule has 0 aliphatic carbocycles. The molecule has 2 heteroatoms. The minimum absolute atomic E-state index is 0.374. The fourth-order valence-electron chi connectivity index (χ4n) is 2.14. The lowest BCUT2D eigenvalue weighted by molar-refractivity contribution is -0.0554. The van der Waals surface area contributed by atoms with Crippen molar-refractivity contribution in [2.75, 3.05) is 0 Å². The molecule has 0 rings (SSSR count). The SMILES string of the molecule is CCCCCC(O)C(C)(C)C(O)CCCCC. The third-order valence-corrected chi connectivity index (χ3v) is 3.88. The summed E-state index contributed by atoms with van der Waals surface area (Å²) in [5.41, 5.74) is -0.374. The summed E-state index contributed by atoms with van der Waals surface area (Å²) in [4.78, 5) is 0. The molecule has 0 amide bonds. The van der Waals surface area contributed by atoms with E-state index in [2.05, 4.69) is 13.8 Å². The highest BCUT2D eigenvalue weighted by molar-refractivity contribution is 4.84. The Bertz CT molecular complexity index is 160. The highest BCUT2D eigenvalue weighted by Crippen LogP contribution is 2.31. The van der Waals surface area contributed by atoms with E-state index in [1.807, 2.05) is 13.8 Å². The van der Waals surface area contributed by atoms with Crippen LogP contribution in [0.25, 0.3) is 0 Å². The van der Waals surface area contributed by atoms with E-state index in [1.165, 1.54) is 25.7 Å². The molecule has 0 aromatic heterocycles. The van der Waals surface area contributed by atoms with Gasteiger partial charge in [-0.25, -0.2) is 0 Å². The second-order valence-electron chi connectivity index (χ2n) is 5.84. The van der Waals surface area contributed by atoms with Crippen LogP contribution in [0.15, 0.2) is 0 Å². The van der Waals surface area contributed by atoms with E-state index in [0.717, 1.165) is 25.7 Å². The number of hydrogen-bond acceptors (Lipinski definition) is 2. The average molecular weight is 244 g/mol. The minimum atomic E-state index is -0.384. The third-order valence-electron chi connectivity index (χ3n) is 3.88. The molecule has 2 unspecified atom stereocenters. The van der Waals surface area contributed by atoms with Gasteiger partial charge in [0.15, 0.2) is 0 Å². The Balaban J connectivity index is 4.03. The molecule has 0 aromatic rings. The predicted molar refractivity (Wildman–Crippen MR) is 74.1 cm³/mol. The van der Waals surface area contributed by atoms with E-state index < -0.39 is 0 Å². The van der Waals surface area contributed by atoms with Crippen LogP contribution >= 0.6 is 0 Å². The van der Waals surface area contributed by atoms with Gasteiger partial charge in [-0.05, 0) is 12.8 Å². The molecule has 0 saturated heterocycles. The van der Waals surface area contributed by atoms with Crippen LogP contribution in [-0.2, 0) is 0 Å². The number of rotatable bonds is 10. The van der Waals surface area contributed by atoms with E-state index in [-0.39, 0.29) is 17.6 Å². The zero-order valence-corrected chi connectivity index (χ0v) is 12.2. The molecule has 0 heterocycles. The molecule has 2 N–H and O–H groups in total. The normalized spacial score (nSPS) is 15.9. The Morgan fingerprint density at radius 3 is 1.41 bits per heavy atom. The molecule has 2 atom stereocenters. The smallest absolute Gasteiger partial charge is 0.0615 e. The second kappa shape index (κ2) is 8.93. The van der Waals surface area contributed by atoms with Crippen molar-refractivity contribution in [1.29, 1.82) is 0 Å². The summed E-state index contributed by atoms with van der Waals surface area (Å²) in [5.74, 6) is 0. The van der Waals surface area contributed by atoms with Crippen molar-refractivity contribution in [3.63, 3.8) is 0 Å². The Morgan fingerprint density at radius 1 is 0.765 bits per heavy atom. The van der Waals surface area contributed by atoms with E-state index in [1.54, 1.807) is 0 Å². The summed E-state index contributed by atoms with van der Waals surface area (Å²) in [6.45, 7) is 8.30. The van der Waals surface area contributed by atoms with Crippen LogP contribution in [0.4, 0.5) is 0 Å². The first-order valence-electron chi connectivity index (χ1n) is 7.32. The highest BCUT2D eigenvalue weighted by atomic mass is 16.3. The molecular formula is C15H32O2. The van der Waals surface area contributed by atoms with Crippen molar-refractivity contribution in [3.05, 3.63) is 0 Å². The van der Waals surface area contributed by atoms with E-state index in [4.69, 9.17) is 0 Å². The summed E-state index contributed by atoms with van der Waals surface area (Å²) >= 11 is 0. The molecule has 17 heavy (non-hydrogen) atoms. The summed E-state index contributed by atoms with van der Waals surface area (Å²) in [7, 11) is 0. The number of unbranched alkanes of at least 4 members (excludes halogenated alkanes) is 4. The molecular weight excluding hydrogens is 212 g/mol. The average Bonchev–Trinajstić information content (AvgIpc) is 2.29. The van der Waals surface area contributed by atoms with Gasteiger partial charge in [-0.1, -0.05) is 66.2 Å². The van der Waals surface area contributed by atoms with Crippen LogP contribution in [0.2, 0.25) is 0 Å². The summed E-state index contributed by atoms with van der Waals surface area (Å²) in [6.07, 6.45) is 7.65. The Labute approximate surface area is 107 Å². The molecule has 0 aromatic carbocycles. The fraction of sp³-hybridized carbons (Fsp3) is 1.00. The fourth-order valence-corrected chi connectivity index (χ4v) is 2.14. The number of hydrogen-bond donors (Lipinski definition) is 2. The summed E-state index contributed by atoms with van der Waals surface area (Å²) in [6, 6.07) is 0. The molecule has 0 aliphatic heterocycles. The molecule has 0 radical (unpaired) electrons. The van der Waals surface area contributed by atoms with E-state index in [9.17, 15) is 10.2 Å². The lowest BCUT2D eigenvalue weighted by atomic mass is 9.77. The van der Waals surface area contributed by atoms with Gasteiger partial charge in [0, 0.05) is 5.41 Å². The zero-order chi connectivity index (χ0) is 13.3. The van der Waals surface area contributed by atoms with Gasteiger partial charge < -0.3 is 10.2 Å². The summed E-state index contributed by atoms with van der Waals surface area (Å²) in [5, 5.41) is 20.3. The Kier molecular flexibility index (Phi) is 8.89. The molecule has 2 nitrogen and oxygen atoms in total. The standard InChI is InChI=1S/C15H32O2/c1-5-7-9-11-13(16)15(3,4)14(17)12-10-8-6-2/h13-14,16-17H,5-12H2,1-4H3. The largest absolute Gasteiger partial charge is 0.392 e. The lowest BCUT2D eigenvalue weighted by Crippen LogP contribution is -2.40. The Hall–Kier alpha value is -0.0800. The van der Waals surface area contributed by atoms with Crippen LogP contribution in [0, 0.1) is 5.41 Å². The van der Waals surface area contributed by atoms with Crippen LogP contribution in [-0.4, -0.2) is 22.4 Å². The van der Waals surface area contributed by atoms with Crippen molar-refractivity contribution in [2.45, 2.75) is 91.3 Å². The van der Waals surface area contributed by atoms with Gasteiger partial charge in [-0.3, -0.25) is 0 Å². The number of aliphatic hydroxyl groups is 2. The van der Waals surface area contributed by atoms with Crippen LogP contribution in [0.3, 0.4) is 0 Å². The van der Waals surface area contributed by atoms with Gasteiger partial charge in [-0.15, -0.1) is 0 Å². The van der Waals surface area contributed by atoms with Crippen LogP contribution < -0.4 is 0 Å². The van der Waals surface area contributed by atoms with Gasteiger partial charge in [0.1, 0.15) is 0 Å². The Morgan fingerprint density at radius 2 is 1.12 bits per heavy atom. The van der Waals surface area contributed by atoms with Crippen molar-refractivity contribution < 1.29 is 10.2 Å². The molecule has 0 fully saturated rings. The second-order valence-corrected chi connectivity index (χ2v) is 5.84. The van der Waals surface area contributed by atoms with Gasteiger partial charge in [-0.2, -0.15) is 0 Å². The van der Waals surface area contributed by atoms with Crippen molar-refractivity contribution in [3.8, 4) is 0 Å². The van der Waals surface area contributed by atoms with E-state index in [0.29, 0.717) is 0 Å². The van der Waals surface area contributed by atoms with Gasteiger partial charge in [0.25, 0.3) is 0 Å². The maximum Gasteiger partial charge on any atom is 0.0615 e. The summed E-state index contributed by atoms with van der Waals surface area (Å²) < 4.78 is 0. The van der Waals surface area contributed by atoms with Crippen LogP contribution in [0.5, 0.6) is 0 Å². The lowest BCUT2D eigenvalue weighted by Gasteiger charge is -2.35. The predicted octanol–water partition coefficient (Wildman–Crippen LogP) is 3.90. The van der Waals surface area contributed by atoms with Crippen molar-refractivity contribution in [1.82, 2.24) is 0 Å². The first-order chi connectivity index (χ1) is 7.96. The zero-order valence-electron chi connectivity index (χ0n) is 12.2. The van der Waals surface area contributed by atoms with Crippen molar-refractivity contribution in [2.24, 2.45) is 5.41 Å². The first-order valence-corrected chi connectivity index (χ1v) is 7.32. The van der Waals surface area contributed by atoms with Gasteiger partial charge >= 0.3 is 0 Å². The van der Waals surface area contributed by atoms with Crippen LogP contribution in [0.1, 0.15) is 79.1 Å². The monoisotopic (exact) mass is 244 g/mol. The third kappa shape index (κ3) is 6.42. The topological polar surface area (TPSA) is 40.5 Å². The molecule has 0 saturated carbocycles. The van der Waals surface area contributed by atoms with Gasteiger partial charge in [0.05, 0.1) is 12.2 Å². The quantitative estimate of drug-likeness (QED) is 0.572. The molecule has 0 bridgehead atoms. The highest BCUT2D eigenvalue weighted by Gasteiger charge is 2.34. The maximum atomic E-state index is 10.2.